The molecule has 2 N–H and O–H groups in total. The van der Waals surface area contributed by atoms with Gasteiger partial charge < -0.3 is 19.6 Å². The van der Waals surface area contributed by atoms with E-state index in [1.165, 1.54) is 10.6 Å². The number of nitriles is 1. The number of hydrogen-bond acceptors (Lipinski definition) is 4. The molecule has 2 aromatic heterocycles. The number of alkyl halides is 3. The standard InChI is InChI=1S/C34H29F3N4O3/c1-19(2)39-32(42)30-15-24-14-26(11-12-29(24)40-30)44-25-9-7-22(8-10-25)31-16-28(34(35,36)37)27(17-38)33(43)41(31)18-23-6-5-20(3)13-21(23)4/h5-16,19,40H,18H2,1-4H3,(H,39,42). The molecule has 224 valence electrons. The Bertz CT molecular complexity index is 1980. The molecule has 0 saturated heterocycles. The van der Waals surface area contributed by atoms with Crippen LogP contribution >= 0.6 is 0 Å². The van der Waals surface area contributed by atoms with Crippen molar-refractivity contribution in [3.63, 3.8) is 0 Å². The highest BCUT2D eigenvalue weighted by molar-refractivity contribution is 5.98. The van der Waals surface area contributed by atoms with E-state index in [2.05, 4.69) is 10.3 Å². The van der Waals surface area contributed by atoms with Gasteiger partial charge in [0.2, 0.25) is 0 Å². The Hall–Kier alpha value is -5.30. The number of hydrogen-bond donors (Lipinski definition) is 2. The van der Waals surface area contributed by atoms with Gasteiger partial charge in [-0.25, -0.2) is 0 Å². The fraction of sp³-hybridized carbons (Fsp3) is 0.206. The molecule has 0 radical (unpaired) electrons. The predicted molar refractivity (Wildman–Crippen MR) is 162 cm³/mol. The van der Waals surface area contributed by atoms with Gasteiger partial charge in [0.05, 0.1) is 17.8 Å². The number of benzene rings is 3. The van der Waals surface area contributed by atoms with Crippen molar-refractivity contribution in [2.45, 2.75) is 46.5 Å². The summed E-state index contributed by atoms with van der Waals surface area (Å²) < 4.78 is 49.1. The fourth-order valence-corrected chi connectivity index (χ4v) is 5.03. The zero-order chi connectivity index (χ0) is 31.8. The summed E-state index contributed by atoms with van der Waals surface area (Å²) in [5.41, 5.74) is 0.919. The molecule has 10 heteroatoms. The van der Waals surface area contributed by atoms with Crippen LogP contribution in [0.3, 0.4) is 0 Å². The van der Waals surface area contributed by atoms with Crippen LogP contribution in [0.5, 0.6) is 11.5 Å². The van der Waals surface area contributed by atoms with Crippen LogP contribution in [-0.2, 0) is 12.7 Å². The summed E-state index contributed by atoms with van der Waals surface area (Å²) in [5.74, 6) is 0.681. The maximum Gasteiger partial charge on any atom is 0.417 e. The number of carbonyl (C=O) groups is 1. The average molecular weight is 599 g/mol. The molecule has 0 aliphatic rings. The van der Waals surface area contributed by atoms with Gasteiger partial charge in [-0.3, -0.25) is 9.59 Å². The minimum absolute atomic E-state index is 0.0125. The van der Waals surface area contributed by atoms with Crippen molar-refractivity contribution >= 4 is 16.8 Å². The summed E-state index contributed by atoms with van der Waals surface area (Å²) in [6.45, 7) is 7.51. The minimum Gasteiger partial charge on any atom is -0.457 e. The summed E-state index contributed by atoms with van der Waals surface area (Å²) >= 11 is 0. The van der Waals surface area contributed by atoms with Crippen LogP contribution in [0.4, 0.5) is 13.2 Å². The summed E-state index contributed by atoms with van der Waals surface area (Å²) in [5, 5.41) is 13.1. The number of aryl methyl sites for hydroxylation is 2. The van der Waals surface area contributed by atoms with Gasteiger partial charge in [-0.2, -0.15) is 18.4 Å². The fourth-order valence-electron chi connectivity index (χ4n) is 5.03. The number of H-pyrrole nitrogens is 1. The third kappa shape index (κ3) is 6.22. The second-order valence-electron chi connectivity index (χ2n) is 10.9. The van der Waals surface area contributed by atoms with Crippen molar-refractivity contribution in [3.8, 4) is 28.8 Å². The van der Waals surface area contributed by atoms with Crippen LogP contribution in [0.25, 0.3) is 22.2 Å². The monoisotopic (exact) mass is 598 g/mol. The lowest BCUT2D eigenvalue weighted by Crippen LogP contribution is -2.30. The largest absolute Gasteiger partial charge is 0.457 e. The number of nitrogens with one attached hydrogen (secondary N) is 2. The molecule has 1 amide bonds. The smallest absolute Gasteiger partial charge is 0.417 e. The predicted octanol–water partition coefficient (Wildman–Crippen LogP) is 7.48. The Morgan fingerprint density at radius 2 is 1.70 bits per heavy atom. The first-order chi connectivity index (χ1) is 20.8. The average Bonchev–Trinajstić information content (AvgIpc) is 3.38. The Morgan fingerprint density at radius 1 is 1.00 bits per heavy atom. The van der Waals surface area contributed by atoms with Crippen molar-refractivity contribution in [2.24, 2.45) is 0 Å². The second kappa shape index (κ2) is 11.8. The molecular formula is C34H29F3N4O3. The number of aromatic amines is 1. The maximum atomic E-state index is 14.0. The second-order valence-corrected chi connectivity index (χ2v) is 10.9. The Kier molecular flexibility index (Phi) is 8.07. The third-order valence-electron chi connectivity index (χ3n) is 7.19. The van der Waals surface area contributed by atoms with Crippen molar-refractivity contribution in [2.75, 3.05) is 0 Å². The topological polar surface area (TPSA) is 99.9 Å². The van der Waals surface area contributed by atoms with Crippen LogP contribution in [0, 0.1) is 25.2 Å². The van der Waals surface area contributed by atoms with E-state index < -0.39 is 22.9 Å². The number of fused-ring (bicyclic) bond motifs is 1. The summed E-state index contributed by atoms with van der Waals surface area (Å²) in [4.78, 5) is 28.8. The van der Waals surface area contributed by atoms with E-state index in [-0.39, 0.29) is 24.2 Å². The Morgan fingerprint density at radius 3 is 2.34 bits per heavy atom. The lowest BCUT2D eigenvalue weighted by molar-refractivity contribution is -0.137. The van der Waals surface area contributed by atoms with Crippen molar-refractivity contribution in [1.29, 1.82) is 5.26 Å². The summed E-state index contributed by atoms with van der Waals surface area (Å²) in [7, 11) is 0. The van der Waals surface area contributed by atoms with E-state index in [9.17, 15) is 28.0 Å². The molecule has 0 aliphatic heterocycles. The number of nitrogens with zero attached hydrogens (tertiary/aromatic N) is 2. The first-order valence-electron chi connectivity index (χ1n) is 13.9. The number of carbonyl (C=O) groups excluding carboxylic acids is 1. The molecule has 44 heavy (non-hydrogen) atoms. The molecule has 2 heterocycles. The summed E-state index contributed by atoms with van der Waals surface area (Å²) in [6, 6.07) is 21.2. The number of pyridine rings is 1. The molecule has 0 atom stereocenters. The Labute approximate surface area is 251 Å². The van der Waals surface area contributed by atoms with E-state index in [1.807, 2.05) is 45.9 Å². The Balaban J connectivity index is 1.50. The minimum atomic E-state index is -4.90. The van der Waals surface area contributed by atoms with Gasteiger partial charge in [-0.15, -0.1) is 0 Å². The number of rotatable bonds is 7. The van der Waals surface area contributed by atoms with Gasteiger partial charge in [0, 0.05) is 16.9 Å². The molecule has 0 fully saturated rings. The number of amides is 1. The highest BCUT2D eigenvalue weighted by atomic mass is 19.4. The lowest BCUT2D eigenvalue weighted by Gasteiger charge is -2.19. The van der Waals surface area contributed by atoms with Gasteiger partial charge in [0.25, 0.3) is 11.5 Å². The van der Waals surface area contributed by atoms with Gasteiger partial charge in [0.15, 0.2) is 0 Å². The molecule has 5 rings (SSSR count). The molecule has 0 unspecified atom stereocenters. The van der Waals surface area contributed by atoms with E-state index >= 15 is 0 Å². The molecular weight excluding hydrogens is 569 g/mol. The highest BCUT2D eigenvalue weighted by Crippen LogP contribution is 2.35. The first-order valence-corrected chi connectivity index (χ1v) is 13.9. The number of halogens is 3. The molecule has 0 saturated carbocycles. The highest BCUT2D eigenvalue weighted by Gasteiger charge is 2.36. The zero-order valence-corrected chi connectivity index (χ0v) is 24.5. The van der Waals surface area contributed by atoms with Crippen LogP contribution in [-0.4, -0.2) is 21.5 Å². The van der Waals surface area contributed by atoms with Crippen LogP contribution in [0.2, 0.25) is 0 Å². The molecule has 0 bridgehead atoms. The van der Waals surface area contributed by atoms with Gasteiger partial charge in [-0.05, 0) is 99.0 Å². The first kappa shape index (κ1) is 30.2. The zero-order valence-electron chi connectivity index (χ0n) is 24.5. The maximum absolute atomic E-state index is 14.0. The quantitative estimate of drug-likeness (QED) is 0.203. The van der Waals surface area contributed by atoms with Gasteiger partial charge >= 0.3 is 6.18 Å². The van der Waals surface area contributed by atoms with E-state index in [0.29, 0.717) is 22.8 Å². The normalized spacial score (nSPS) is 11.5. The van der Waals surface area contributed by atoms with Crippen molar-refractivity contribution in [1.82, 2.24) is 14.9 Å². The SMILES string of the molecule is Cc1ccc(Cn2c(-c3ccc(Oc4ccc5[nH]c(C(=O)NC(C)C)cc5c4)cc3)cc(C(F)(F)F)c(C#N)c2=O)c(C)c1. The van der Waals surface area contributed by atoms with Crippen LogP contribution in [0.15, 0.2) is 77.6 Å². The number of aromatic nitrogens is 2. The molecule has 3 aromatic carbocycles. The van der Waals surface area contributed by atoms with Crippen LogP contribution < -0.4 is 15.6 Å². The number of ether oxygens (including phenoxy) is 1. The van der Waals surface area contributed by atoms with Gasteiger partial charge in [-0.1, -0.05) is 23.8 Å². The van der Waals surface area contributed by atoms with Crippen LogP contribution in [0.1, 0.15) is 52.2 Å². The molecule has 7 nitrogen and oxygen atoms in total. The van der Waals surface area contributed by atoms with E-state index in [1.54, 1.807) is 48.5 Å². The summed E-state index contributed by atoms with van der Waals surface area (Å²) in [6.07, 6.45) is -4.90. The van der Waals surface area contributed by atoms with Crippen molar-refractivity contribution in [3.05, 3.63) is 117 Å². The van der Waals surface area contributed by atoms with Gasteiger partial charge in [0.1, 0.15) is 28.8 Å². The van der Waals surface area contributed by atoms with E-state index in [4.69, 9.17) is 4.74 Å². The molecule has 0 aliphatic carbocycles. The molecule has 0 spiro atoms. The van der Waals surface area contributed by atoms with E-state index in [0.717, 1.165) is 33.7 Å². The van der Waals surface area contributed by atoms with Crippen molar-refractivity contribution < 1.29 is 22.7 Å². The lowest BCUT2D eigenvalue weighted by atomic mass is 10.0. The third-order valence-corrected chi connectivity index (χ3v) is 7.19. The molecule has 5 aromatic rings.